The second-order valence-electron chi connectivity index (χ2n) is 10.3. The summed E-state index contributed by atoms with van der Waals surface area (Å²) in [7, 11) is 0. The molecule has 0 spiro atoms. The third-order valence-electron chi connectivity index (χ3n) is 6.10. The van der Waals surface area contributed by atoms with Gasteiger partial charge in [0.15, 0.2) is 5.11 Å². The highest BCUT2D eigenvalue weighted by Crippen LogP contribution is 2.23. The van der Waals surface area contributed by atoms with Crippen LogP contribution in [0.3, 0.4) is 0 Å². The Hall–Kier alpha value is -4.69. The third kappa shape index (κ3) is 8.65. The molecule has 7 nitrogen and oxygen atoms in total. The zero-order chi connectivity index (χ0) is 29.2. The van der Waals surface area contributed by atoms with Crippen LogP contribution in [0.1, 0.15) is 47.1 Å². The van der Waals surface area contributed by atoms with Crippen LogP contribution in [0.15, 0.2) is 103 Å². The molecule has 0 aliphatic carbocycles. The molecular weight excluding hydrogens is 534 g/mol. The molecule has 0 aromatic heterocycles. The Balaban J connectivity index is 1.30. The van der Waals surface area contributed by atoms with E-state index >= 15 is 0 Å². The largest absolute Gasteiger partial charge is 0.490 e. The number of thiocarbonyl (C=S) groups is 1. The molecule has 4 rings (SSSR count). The van der Waals surface area contributed by atoms with Crippen molar-refractivity contribution in [1.82, 2.24) is 5.32 Å². The summed E-state index contributed by atoms with van der Waals surface area (Å²) in [6.07, 6.45) is 0. The van der Waals surface area contributed by atoms with Crippen molar-refractivity contribution in [3.63, 3.8) is 0 Å². The van der Waals surface area contributed by atoms with E-state index in [2.05, 4.69) is 36.7 Å². The second-order valence-corrected chi connectivity index (χ2v) is 10.7. The molecule has 0 unspecified atom stereocenters. The maximum atomic E-state index is 13.0. The van der Waals surface area contributed by atoms with Crippen LogP contribution in [0, 0.1) is 0 Å². The van der Waals surface area contributed by atoms with E-state index in [0.717, 1.165) is 11.3 Å². The Morgan fingerprint density at radius 3 is 2.05 bits per heavy atom. The van der Waals surface area contributed by atoms with Crippen LogP contribution < -0.4 is 25.4 Å². The standard InChI is InChI=1S/C33H33N3O4S/c1-33(2,3)24-18-16-23(17-19-24)30(37)34-25-10-9-11-26(22-25)35-32(41)36-31(38)28-14-7-8-15-29(28)40-21-20-39-27-12-5-4-6-13-27/h4-19,22H,20-21H2,1-3H3,(H,34,37)(H2,35,36,38,41). The van der Waals surface area contributed by atoms with Crippen molar-refractivity contribution in [3.05, 3.63) is 120 Å². The van der Waals surface area contributed by atoms with Gasteiger partial charge in [0.1, 0.15) is 24.7 Å². The van der Waals surface area contributed by atoms with Crippen LogP contribution in [-0.4, -0.2) is 30.1 Å². The van der Waals surface area contributed by atoms with Gasteiger partial charge in [0, 0.05) is 16.9 Å². The normalized spacial score (nSPS) is 10.8. The summed E-state index contributed by atoms with van der Waals surface area (Å²) < 4.78 is 11.5. The number of hydrogen-bond donors (Lipinski definition) is 3. The van der Waals surface area contributed by atoms with Crippen LogP contribution in [-0.2, 0) is 5.41 Å². The van der Waals surface area contributed by atoms with E-state index in [0.29, 0.717) is 34.9 Å². The van der Waals surface area contributed by atoms with Crippen molar-refractivity contribution in [2.24, 2.45) is 0 Å². The molecule has 41 heavy (non-hydrogen) atoms. The topological polar surface area (TPSA) is 88.7 Å². The fraction of sp³-hybridized carbons (Fsp3) is 0.182. The number of hydrogen-bond acceptors (Lipinski definition) is 5. The van der Waals surface area contributed by atoms with E-state index < -0.39 is 5.91 Å². The first-order valence-corrected chi connectivity index (χ1v) is 13.6. The molecule has 210 valence electrons. The van der Waals surface area contributed by atoms with Crippen molar-refractivity contribution in [3.8, 4) is 11.5 Å². The lowest BCUT2D eigenvalue weighted by Gasteiger charge is -2.19. The van der Waals surface area contributed by atoms with Crippen molar-refractivity contribution >= 4 is 40.5 Å². The van der Waals surface area contributed by atoms with Crippen LogP contribution in [0.25, 0.3) is 0 Å². The highest BCUT2D eigenvalue weighted by Gasteiger charge is 2.16. The molecule has 4 aromatic carbocycles. The molecule has 0 aliphatic rings. The fourth-order valence-electron chi connectivity index (χ4n) is 3.94. The first-order valence-electron chi connectivity index (χ1n) is 13.2. The zero-order valence-corrected chi connectivity index (χ0v) is 24.1. The minimum atomic E-state index is -0.412. The molecule has 0 saturated carbocycles. The summed E-state index contributed by atoms with van der Waals surface area (Å²) in [4.78, 5) is 25.7. The summed E-state index contributed by atoms with van der Waals surface area (Å²) in [5.41, 5.74) is 3.27. The van der Waals surface area contributed by atoms with Gasteiger partial charge in [0.25, 0.3) is 11.8 Å². The van der Waals surface area contributed by atoms with Gasteiger partial charge in [-0.15, -0.1) is 0 Å². The molecule has 0 saturated heterocycles. The van der Waals surface area contributed by atoms with Gasteiger partial charge in [0.05, 0.1) is 5.56 Å². The third-order valence-corrected chi connectivity index (χ3v) is 6.31. The lowest BCUT2D eigenvalue weighted by Crippen LogP contribution is -2.34. The lowest BCUT2D eigenvalue weighted by molar-refractivity contribution is 0.0971. The number of anilines is 2. The predicted molar refractivity (Wildman–Crippen MR) is 167 cm³/mol. The van der Waals surface area contributed by atoms with Gasteiger partial charge in [0.2, 0.25) is 0 Å². The maximum Gasteiger partial charge on any atom is 0.261 e. The number of carbonyl (C=O) groups is 2. The highest BCUT2D eigenvalue weighted by atomic mass is 32.1. The molecule has 8 heteroatoms. The lowest BCUT2D eigenvalue weighted by atomic mass is 9.87. The van der Waals surface area contributed by atoms with Crippen molar-refractivity contribution in [2.45, 2.75) is 26.2 Å². The van der Waals surface area contributed by atoms with Gasteiger partial charge in [-0.05, 0) is 77.8 Å². The van der Waals surface area contributed by atoms with Crippen LogP contribution in [0.2, 0.25) is 0 Å². The van der Waals surface area contributed by atoms with E-state index in [9.17, 15) is 9.59 Å². The number of amides is 2. The predicted octanol–water partition coefficient (Wildman–Crippen LogP) is 6.82. The van der Waals surface area contributed by atoms with Crippen LogP contribution in [0.5, 0.6) is 11.5 Å². The maximum absolute atomic E-state index is 13.0. The summed E-state index contributed by atoms with van der Waals surface area (Å²) in [6, 6.07) is 31.0. The minimum absolute atomic E-state index is 0.00935. The van der Waals surface area contributed by atoms with Crippen molar-refractivity contribution in [2.75, 3.05) is 23.8 Å². The first-order chi connectivity index (χ1) is 19.7. The van der Waals surface area contributed by atoms with Gasteiger partial charge in [-0.2, -0.15) is 0 Å². The summed E-state index contributed by atoms with van der Waals surface area (Å²) in [6.45, 7) is 6.98. The van der Waals surface area contributed by atoms with E-state index in [4.69, 9.17) is 21.7 Å². The highest BCUT2D eigenvalue weighted by molar-refractivity contribution is 7.80. The monoisotopic (exact) mass is 567 g/mol. The molecule has 0 fully saturated rings. The van der Waals surface area contributed by atoms with Crippen molar-refractivity contribution < 1.29 is 19.1 Å². The van der Waals surface area contributed by atoms with Gasteiger partial charge < -0.3 is 20.1 Å². The van der Waals surface area contributed by atoms with E-state index in [1.54, 1.807) is 48.5 Å². The molecule has 3 N–H and O–H groups in total. The van der Waals surface area contributed by atoms with E-state index in [1.807, 2.05) is 54.6 Å². The number of benzene rings is 4. The molecule has 4 aromatic rings. The summed E-state index contributed by atoms with van der Waals surface area (Å²) in [5.74, 6) is 0.538. The minimum Gasteiger partial charge on any atom is -0.490 e. The Labute approximate surface area is 245 Å². The molecule has 0 radical (unpaired) electrons. The number of ether oxygens (including phenoxy) is 2. The molecule has 0 atom stereocenters. The van der Waals surface area contributed by atoms with Crippen LogP contribution >= 0.6 is 12.2 Å². The Morgan fingerprint density at radius 2 is 1.34 bits per heavy atom. The Kier molecular flexibility index (Phi) is 9.71. The number of rotatable bonds is 9. The summed E-state index contributed by atoms with van der Waals surface area (Å²) in [5, 5.41) is 8.70. The molecular formula is C33H33N3O4S. The smallest absolute Gasteiger partial charge is 0.261 e. The molecule has 0 heterocycles. The fourth-order valence-corrected chi connectivity index (χ4v) is 4.15. The second kappa shape index (κ2) is 13.6. The Morgan fingerprint density at radius 1 is 0.707 bits per heavy atom. The van der Waals surface area contributed by atoms with Gasteiger partial charge in [-0.3, -0.25) is 14.9 Å². The van der Waals surface area contributed by atoms with E-state index in [-0.39, 0.29) is 23.0 Å². The number of para-hydroxylation sites is 2. The quantitative estimate of drug-likeness (QED) is 0.152. The zero-order valence-electron chi connectivity index (χ0n) is 23.3. The molecule has 0 aliphatic heterocycles. The van der Waals surface area contributed by atoms with Crippen LogP contribution in [0.4, 0.5) is 11.4 Å². The van der Waals surface area contributed by atoms with Gasteiger partial charge >= 0.3 is 0 Å². The number of nitrogens with one attached hydrogen (secondary N) is 3. The Bertz CT molecular complexity index is 1500. The van der Waals surface area contributed by atoms with Gasteiger partial charge in [-0.25, -0.2) is 0 Å². The average Bonchev–Trinajstić information content (AvgIpc) is 2.96. The molecule has 2 amide bonds. The average molecular weight is 568 g/mol. The van der Waals surface area contributed by atoms with E-state index in [1.165, 1.54) is 0 Å². The number of carbonyl (C=O) groups excluding carboxylic acids is 2. The molecule has 0 bridgehead atoms. The SMILES string of the molecule is CC(C)(C)c1ccc(C(=O)Nc2cccc(NC(=S)NC(=O)c3ccccc3OCCOc3ccccc3)c2)cc1. The summed E-state index contributed by atoms with van der Waals surface area (Å²) >= 11 is 5.37. The first kappa shape index (κ1) is 29.3. The van der Waals surface area contributed by atoms with Gasteiger partial charge in [-0.1, -0.05) is 69.3 Å². The van der Waals surface area contributed by atoms with Crippen molar-refractivity contribution in [1.29, 1.82) is 0 Å².